The fourth-order valence-electron chi connectivity index (χ4n) is 4.37. The van der Waals surface area contributed by atoms with Crippen LogP contribution in [0.2, 0.25) is 0 Å². The van der Waals surface area contributed by atoms with E-state index in [0.717, 1.165) is 11.0 Å². The number of benzene rings is 3. The van der Waals surface area contributed by atoms with E-state index >= 15 is 0 Å². The molecule has 3 heteroatoms. The Morgan fingerprint density at radius 1 is 0.583 bits per heavy atom. The lowest BCUT2D eigenvalue weighted by Gasteiger charge is -2.21. The van der Waals surface area contributed by atoms with Gasteiger partial charge in [-0.3, -0.25) is 9.13 Å². The lowest BCUT2D eigenvalue weighted by atomic mass is 9.90. The summed E-state index contributed by atoms with van der Waals surface area (Å²) in [7, 11) is 0. The van der Waals surface area contributed by atoms with Gasteiger partial charge in [-0.2, -0.15) is 0 Å². The van der Waals surface area contributed by atoms with E-state index in [4.69, 9.17) is 0 Å². The Morgan fingerprint density at radius 3 is 1.54 bits per heavy atom. The smallest absolute Gasteiger partial charge is 0.287 e. The lowest BCUT2D eigenvalue weighted by molar-refractivity contribution is 0.697. The van der Waals surface area contributed by atoms with E-state index in [0.29, 0.717) is 13.1 Å². The normalized spacial score (nSPS) is 13.7. The molecule has 0 aliphatic carbocycles. The van der Waals surface area contributed by atoms with Gasteiger partial charge in [0, 0.05) is 11.1 Å². The molecule has 0 saturated carbocycles. The van der Waals surface area contributed by atoms with Crippen molar-refractivity contribution in [2.45, 2.75) is 13.1 Å². The minimum atomic E-state index is 0.0997. The Labute approximate surface area is 138 Å². The molecule has 24 heavy (non-hydrogen) atoms. The van der Waals surface area contributed by atoms with Crippen molar-refractivity contribution in [3.63, 3.8) is 0 Å². The van der Waals surface area contributed by atoms with Gasteiger partial charge in [-0.05, 0) is 22.3 Å². The fourth-order valence-corrected chi connectivity index (χ4v) is 4.37. The molecule has 0 amide bonds. The molecule has 2 aliphatic heterocycles. The predicted octanol–water partition coefficient (Wildman–Crippen LogP) is 3.86. The van der Waals surface area contributed by atoms with Gasteiger partial charge in [0.05, 0.1) is 24.1 Å². The second-order valence-electron chi connectivity index (χ2n) is 6.63. The first-order valence-electron chi connectivity index (χ1n) is 8.25. The number of hydrogen-bond acceptors (Lipinski definition) is 1. The molecule has 114 valence electrons. The second kappa shape index (κ2) is 4.06. The first-order chi connectivity index (χ1) is 11.8. The summed E-state index contributed by atoms with van der Waals surface area (Å²) in [5.74, 6) is 0. The highest BCUT2D eigenvalue weighted by Crippen LogP contribution is 2.42. The van der Waals surface area contributed by atoms with Crippen LogP contribution in [0.1, 0.15) is 11.1 Å². The zero-order valence-corrected chi connectivity index (χ0v) is 13.0. The minimum absolute atomic E-state index is 0.0997. The van der Waals surface area contributed by atoms with Gasteiger partial charge in [0.15, 0.2) is 0 Å². The Morgan fingerprint density at radius 2 is 1.04 bits per heavy atom. The summed E-state index contributed by atoms with van der Waals surface area (Å²) in [5.41, 5.74) is 9.56. The van der Waals surface area contributed by atoms with Crippen LogP contribution in [0.4, 0.5) is 0 Å². The van der Waals surface area contributed by atoms with Gasteiger partial charge in [0.2, 0.25) is 0 Å². The maximum Gasteiger partial charge on any atom is 0.329 e. The monoisotopic (exact) mass is 310 g/mol. The van der Waals surface area contributed by atoms with Crippen molar-refractivity contribution in [3.05, 3.63) is 82.3 Å². The Balaban J connectivity index is 1.83. The SMILES string of the molecule is O=c1n2c3c(ccc4c3n1Cc1ccccc1-4)-c1ccccc1C2. The van der Waals surface area contributed by atoms with Crippen molar-refractivity contribution < 1.29 is 0 Å². The highest BCUT2D eigenvalue weighted by Gasteiger charge is 2.28. The van der Waals surface area contributed by atoms with Crippen LogP contribution >= 0.6 is 0 Å². The first kappa shape index (κ1) is 12.4. The molecule has 0 unspecified atom stereocenters. The standard InChI is InChI=1S/C21H14N2O/c24-21-22-11-13-5-1-3-7-15(13)17-9-10-18-16-8-4-2-6-14(16)12-23(21)20(18)19(17)22/h1-10H,11-12H2. The highest BCUT2D eigenvalue weighted by atomic mass is 16.1. The van der Waals surface area contributed by atoms with Crippen LogP contribution in [0.15, 0.2) is 65.5 Å². The van der Waals surface area contributed by atoms with E-state index < -0.39 is 0 Å². The number of rotatable bonds is 0. The Bertz CT molecular complexity index is 1130. The quantitative estimate of drug-likeness (QED) is 0.418. The molecule has 2 aliphatic rings. The third-order valence-electron chi connectivity index (χ3n) is 5.42. The zero-order valence-electron chi connectivity index (χ0n) is 13.0. The van der Waals surface area contributed by atoms with E-state index in [1.807, 2.05) is 21.3 Å². The van der Waals surface area contributed by atoms with E-state index in [1.165, 1.54) is 33.4 Å². The maximum absolute atomic E-state index is 13.1. The summed E-state index contributed by atoms with van der Waals surface area (Å²) in [6.07, 6.45) is 0. The number of aromatic nitrogens is 2. The third kappa shape index (κ3) is 1.32. The molecule has 3 aromatic carbocycles. The number of hydrogen-bond donors (Lipinski definition) is 0. The van der Waals surface area contributed by atoms with Crippen LogP contribution in [-0.2, 0) is 13.1 Å². The van der Waals surface area contributed by atoms with Gasteiger partial charge in [0.1, 0.15) is 0 Å². The lowest BCUT2D eigenvalue weighted by Crippen LogP contribution is -2.27. The summed E-state index contributed by atoms with van der Waals surface area (Å²) in [4.78, 5) is 13.1. The summed E-state index contributed by atoms with van der Waals surface area (Å²) in [5, 5.41) is 0. The van der Waals surface area contributed by atoms with Crippen molar-refractivity contribution in [1.29, 1.82) is 0 Å². The van der Waals surface area contributed by atoms with Crippen LogP contribution < -0.4 is 5.69 Å². The Hall–Kier alpha value is -3.07. The summed E-state index contributed by atoms with van der Waals surface area (Å²) in [6, 6.07) is 21.2. The van der Waals surface area contributed by atoms with Crippen LogP contribution in [0.3, 0.4) is 0 Å². The van der Waals surface area contributed by atoms with Crippen molar-refractivity contribution in [3.8, 4) is 22.3 Å². The van der Waals surface area contributed by atoms with Crippen LogP contribution in [-0.4, -0.2) is 9.13 Å². The van der Waals surface area contributed by atoms with E-state index in [2.05, 4.69) is 48.5 Å². The molecule has 0 bridgehead atoms. The van der Waals surface area contributed by atoms with Crippen molar-refractivity contribution in [2.75, 3.05) is 0 Å². The average Bonchev–Trinajstić information content (AvgIpc) is 2.91. The zero-order chi connectivity index (χ0) is 15.8. The third-order valence-corrected chi connectivity index (χ3v) is 5.42. The molecule has 0 saturated heterocycles. The van der Waals surface area contributed by atoms with E-state index in [9.17, 15) is 4.79 Å². The first-order valence-corrected chi connectivity index (χ1v) is 8.25. The average molecular weight is 310 g/mol. The van der Waals surface area contributed by atoms with Crippen molar-refractivity contribution in [1.82, 2.24) is 9.13 Å². The largest absolute Gasteiger partial charge is 0.329 e. The topological polar surface area (TPSA) is 26.9 Å². The van der Waals surface area contributed by atoms with E-state index in [1.54, 1.807) is 0 Å². The van der Waals surface area contributed by atoms with Gasteiger partial charge in [-0.1, -0.05) is 60.7 Å². The van der Waals surface area contributed by atoms with Gasteiger partial charge in [0.25, 0.3) is 0 Å². The number of fused-ring (bicyclic) bond motifs is 4. The van der Waals surface area contributed by atoms with Gasteiger partial charge in [-0.15, -0.1) is 0 Å². The fraction of sp³-hybridized carbons (Fsp3) is 0.0952. The van der Waals surface area contributed by atoms with Crippen molar-refractivity contribution >= 4 is 11.0 Å². The van der Waals surface area contributed by atoms with Crippen LogP contribution in [0, 0.1) is 0 Å². The molecule has 6 rings (SSSR count). The number of imidazole rings is 1. The van der Waals surface area contributed by atoms with Crippen LogP contribution in [0.5, 0.6) is 0 Å². The molecule has 0 atom stereocenters. The van der Waals surface area contributed by atoms with Crippen molar-refractivity contribution in [2.24, 2.45) is 0 Å². The number of nitrogens with zero attached hydrogens (tertiary/aromatic N) is 2. The van der Waals surface area contributed by atoms with E-state index in [-0.39, 0.29) is 5.69 Å². The molecule has 1 aromatic heterocycles. The van der Waals surface area contributed by atoms with Gasteiger partial charge >= 0.3 is 5.69 Å². The van der Waals surface area contributed by atoms with Crippen LogP contribution in [0.25, 0.3) is 33.3 Å². The van der Waals surface area contributed by atoms with Gasteiger partial charge < -0.3 is 0 Å². The van der Waals surface area contributed by atoms with Gasteiger partial charge in [-0.25, -0.2) is 4.79 Å². The molecule has 0 fully saturated rings. The highest BCUT2D eigenvalue weighted by molar-refractivity contribution is 6.04. The Kier molecular flexibility index (Phi) is 2.09. The minimum Gasteiger partial charge on any atom is -0.287 e. The summed E-state index contributed by atoms with van der Waals surface area (Å²) < 4.78 is 3.89. The summed E-state index contributed by atoms with van der Waals surface area (Å²) >= 11 is 0. The molecule has 3 heterocycles. The predicted molar refractivity (Wildman–Crippen MR) is 95.3 cm³/mol. The maximum atomic E-state index is 13.1. The summed E-state index contributed by atoms with van der Waals surface area (Å²) in [6.45, 7) is 1.32. The molecule has 0 radical (unpaired) electrons. The molecule has 4 aromatic rings. The second-order valence-corrected chi connectivity index (χ2v) is 6.63. The molecular weight excluding hydrogens is 296 g/mol. The molecule has 0 N–H and O–H groups in total. The molecular formula is C21H14N2O. The molecule has 3 nitrogen and oxygen atoms in total. The molecule has 0 spiro atoms.